The molecule has 1 fully saturated rings. The van der Waals surface area contributed by atoms with Gasteiger partial charge in [0.15, 0.2) is 5.75 Å². The van der Waals surface area contributed by atoms with Gasteiger partial charge in [0.2, 0.25) is 0 Å². The molecule has 0 aliphatic heterocycles. The fourth-order valence-electron chi connectivity index (χ4n) is 1.91. The van der Waals surface area contributed by atoms with E-state index in [1.54, 1.807) is 10.9 Å². The van der Waals surface area contributed by atoms with Crippen LogP contribution in [-0.2, 0) is 13.6 Å². The number of ether oxygens (including phenoxy) is 1. The summed E-state index contributed by atoms with van der Waals surface area (Å²) in [7, 11) is 1.88. The second kappa shape index (κ2) is 5.01. The van der Waals surface area contributed by atoms with Crippen molar-refractivity contribution in [2.45, 2.75) is 32.4 Å². The summed E-state index contributed by atoms with van der Waals surface area (Å²) >= 11 is 0. The molecule has 2 aromatic heterocycles. The minimum atomic E-state index is 0.674. The van der Waals surface area contributed by atoms with Gasteiger partial charge in [0, 0.05) is 43.2 Å². The summed E-state index contributed by atoms with van der Waals surface area (Å²) in [5.41, 5.74) is 2.04. The summed E-state index contributed by atoms with van der Waals surface area (Å²) in [6.45, 7) is 2.77. The van der Waals surface area contributed by atoms with Crippen LogP contribution in [0.4, 0.5) is 0 Å². The molecule has 0 unspecified atom stereocenters. The van der Waals surface area contributed by atoms with Gasteiger partial charge < -0.3 is 10.1 Å². The summed E-state index contributed by atoms with van der Waals surface area (Å²) in [6.07, 6.45) is 8.01. The first kappa shape index (κ1) is 12.2. The summed E-state index contributed by atoms with van der Waals surface area (Å²) in [6, 6.07) is 2.64. The predicted molar refractivity (Wildman–Crippen MR) is 72.1 cm³/mol. The predicted octanol–water partition coefficient (Wildman–Crippen LogP) is 2.17. The van der Waals surface area contributed by atoms with Gasteiger partial charge in [0.05, 0.1) is 12.4 Å². The number of nitrogens with one attached hydrogen (secondary N) is 1. The summed E-state index contributed by atoms with van der Waals surface area (Å²) < 4.78 is 7.63. The van der Waals surface area contributed by atoms with E-state index in [-0.39, 0.29) is 0 Å². The van der Waals surface area contributed by atoms with Gasteiger partial charge in [0.25, 0.3) is 0 Å². The number of hydrogen-bond donors (Lipinski definition) is 1. The minimum Gasteiger partial charge on any atom is -0.454 e. The quantitative estimate of drug-likeness (QED) is 0.893. The van der Waals surface area contributed by atoms with Crippen molar-refractivity contribution >= 4 is 0 Å². The van der Waals surface area contributed by atoms with Gasteiger partial charge in [0.1, 0.15) is 5.75 Å². The molecular formula is C14H18N4O. The van der Waals surface area contributed by atoms with E-state index in [4.69, 9.17) is 4.74 Å². The molecule has 2 aromatic rings. The lowest BCUT2D eigenvalue weighted by Crippen LogP contribution is -2.16. The Hall–Kier alpha value is -1.88. The Morgan fingerprint density at radius 3 is 2.95 bits per heavy atom. The van der Waals surface area contributed by atoms with E-state index < -0.39 is 0 Å². The second-order valence-electron chi connectivity index (χ2n) is 5.04. The first-order chi connectivity index (χ1) is 9.20. The molecule has 19 heavy (non-hydrogen) atoms. The van der Waals surface area contributed by atoms with Gasteiger partial charge in [-0.05, 0) is 19.8 Å². The number of nitrogens with zero attached hydrogens (tertiary/aromatic N) is 3. The number of pyridine rings is 1. The van der Waals surface area contributed by atoms with Crippen LogP contribution in [0.15, 0.2) is 24.7 Å². The molecule has 2 heterocycles. The van der Waals surface area contributed by atoms with E-state index in [1.165, 1.54) is 12.8 Å². The van der Waals surface area contributed by atoms with E-state index in [9.17, 15) is 0 Å². The highest BCUT2D eigenvalue weighted by Gasteiger charge is 2.20. The Labute approximate surface area is 112 Å². The molecule has 5 heteroatoms. The lowest BCUT2D eigenvalue weighted by atomic mass is 10.2. The highest BCUT2D eigenvalue weighted by molar-refractivity contribution is 5.36. The first-order valence-electron chi connectivity index (χ1n) is 6.56. The Morgan fingerprint density at radius 1 is 1.42 bits per heavy atom. The maximum absolute atomic E-state index is 5.90. The summed E-state index contributed by atoms with van der Waals surface area (Å²) in [5, 5.41) is 7.59. The molecule has 1 aliphatic rings. The Balaban J connectivity index is 1.78. The van der Waals surface area contributed by atoms with E-state index in [0.29, 0.717) is 6.04 Å². The van der Waals surface area contributed by atoms with Crippen molar-refractivity contribution in [2.24, 2.45) is 7.05 Å². The lowest BCUT2D eigenvalue weighted by Gasteiger charge is -2.11. The molecule has 3 rings (SSSR count). The largest absolute Gasteiger partial charge is 0.454 e. The molecule has 0 bridgehead atoms. The topological polar surface area (TPSA) is 52.0 Å². The molecule has 1 N–H and O–H groups in total. The molecule has 0 atom stereocenters. The van der Waals surface area contributed by atoms with Crippen molar-refractivity contribution in [3.8, 4) is 11.5 Å². The maximum Gasteiger partial charge on any atom is 0.165 e. The van der Waals surface area contributed by atoms with Crippen molar-refractivity contribution < 1.29 is 4.74 Å². The smallest absolute Gasteiger partial charge is 0.165 e. The van der Waals surface area contributed by atoms with Crippen LogP contribution in [0.5, 0.6) is 11.5 Å². The van der Waals surface area contributed by atoms with Crippen LogP contribution in [0.1, 0.15) is 24.1 Å². The Kier molecular flexibility index (Phi) is 3.21. The highest BCUT2D eigenvalue weighted by atomic mass is 16.5. The molecule has 0 aromatic carbocycles. The van der Waals surface area contributed by atoms with E-state index in [2.05, 4.69) is 15.4 Å². The fourth-order valence-corrected chi connectivity index (χ4v) is 1.91. The van der Waals surface area contributed by atoms with Gasteiger partial charge in [-0.2, -0.15) is 5.10 Å². The van der Waals surface area contributed by atoms with Crippen LogP contribution in [0.3, 0.4) is 0 Å². The van der Waals surface area contributed by atoms with Crippen molar-refractivity contribution in [2.75, 3.05) is 0 Å². The second-order valence-corrected chi connectivity index (χ2v) is 5.04. The first-order valence-corrected chi connectivity index (χ1v) is 6.56. The van der Waals surface area contributed by atoms with E-state index in [0.717, 1.165) is 29.3 Å². The zero-order valence-electron chi connectivity index (χ0n) is 11.3. The zero-order chi connectivity index (χ0) is 13.2. The maximum atomic E-state index is 5.90. The van der Waals surface area contributed by atoms with Gasteiger partial charge in [-0.25, -0.2) is 0 Å². The number of rotatable bonds is 5. The van der Waals surface area contributed by atoms with Crippen LogP contribution >= 0.6 is 0 Å². The fraction of sp³-hybridized carbons (Fsp3) is 0.429. The summed E-state index contributed by atoms with van der Waals surface area (Å²) in [4.78, 5) is 4.34. The molecule has 0 spiro atoms. The molecule has 0 radical (unpaired) electrons. The molecule has 0 amide bonds. The Morgan fingerprint density at radius 2 is 2.26 bits per heavy atom. The third-order valence-corrected chi connectivity index (χ3v) is 3.15. The third-order valence-electron chi connectivity index (χ3n) is 3.15. The number of aryl methyl sites for hydroxylation is 2. The average molecular weight is 258 g/mol. The Bertz CT molecular complexity index is 575. The van der Waals surface area contributed by atoms with Gasteiger partial charge in [-0.15, -0.1) is 0 Å². The number of aromatic nitrogens is 3. The minimum absolute atomic E-state index is 0.674. The number of hydrogen-bond acceptors (Lipinski definition) is 4. The van der Waals surface area contributed by atoms with Crippen LogP contribution in [0, 0.1) is 6.92 Å². The molecular weight excluding hydrogens is 240 g/mol. The average Bonchev–Trinajstić information content (AvgIpc) is 3.12. The molecule has 100 valence electrons. The molecule has 5 nitrogen and oxygen atoms in total. The van der Waals surface area contributed by atoms with Crippen LogP contribution in [-0.4, -0.2) is 20.8 Å². The monoisotopic (exact) mass is 258 g/mol. The van der Waals surface area contributed by atoms with Crippen LogP contribution in [0.25, 0.3) is 0 Å². The van der Waals surface area contributed by atoms with Gasteiger partial charge >= 0.3 is 0 Å². The third kappa shape index (κ3) is 3.12. The van der Waals surface area contributed by atoms with Crippen LogP contribution in [0.2, 0.25) is 0 Å². The van der Waals surface area contributed by atoms with Gasteiger partial charge in [-0.3, -0.25) is 9.67 Å². The van der Waals surface area contributed by atoms with Gasteiger partial charge in [-0.1, -0.05) is 0 Å². The van der Waals surface area contributed by atoms with E-state index in [1.807, 2.05) is 32.4 Å². The normalized spacial score (nSPS) is 14.6. The van der Waals surface area contributed by atoms with Crippen molar-refractivity contribution in [3.63, 3.8) is 0 Å². The van der Waals surface area contributed by atoms with E-state index >= 15 is 0 Å². The summed E-state index contributed by atoms with van der Waals surface area (Å²) in [5.74, 6) is 1.61. The van der Waals surface area contributed by atoms with Crippen molar-refractivity contribution in [1.29, 1.82) is 0 Å². The van der Waals surface area contributed by atoms with Crippen molar-refractivity contribution in [1.82, 2.24) is 20.1 Å². The molecule has 1 saturated carbocycles. The van der Waals surface area contributed by atoms with Crippen molar-refractivity contribution in [3.05, 3.63) is 35.9 Å². The SMILES string of the molecule is Cc1cc(Oc2cnn(C)c2)c(CNC2CC2)cn1. The van der Waals surface area contributed by atoms with Crippen LogP contribution < -0.4 is 10.1 Å². The molecule has 1 aliphatic carbocycles. The zero-order valence-corrected chi connectivity index (χ0v) is 11.3. The molecule has 0 saturated heterocycles. The highest BCUT2D eigenvalue weighted by Crippen LogP contribution is 2.26. The standard InChI is InChI=1S/C14H18N4O/c1-10-5-14(19-13-8-17-18(2)9-13)11(6-15-10)7-16-12-3-4-12/h5-6,8-9,12,16H,3-4,7H2,1-2H3. The lowest BCUT2D eigenvalue weighted by molar-refractivity contribution is 0.470.